The van der Waals surface area contributed by atoms with E-state index in [-0.39, 0.29) is 0 Å². The number of hydrogen-bond donors (Lipinski definition) is 1. The molecule has 0 heterocycles. The average Bonchev–Trinajstić information content (AvgIpc) is 2.67. The quantitative estimate of drug-likeness (QED) is 0.428. The van der Waals surface area contributed by atoms with Crippen molar-refractivity contribution >= 4 is 21.5 Å². The van der Waals surface area contributed by atoms with Crippen molar-refractivity contribution in [3.63, 3.8) is 0 Å². The maximum atomic E-state index is 10.2. The van der Waals surface area contributed by atoms with Gasteiger partial charge in [0.2, 0.25) is 0 Å². The molecule has 1 aliphatic rings. The van der Waals surface area contributed by atoms with Crippen LogP contribution in [-0.2, 0) is 12.8 Å². The van der Waals surface area contributed by atoms with Crippen LogP contribution in [0.4, 0.5) is 0 Å². The van der Waals surface area contributed by atoms with Gasteiger partial charge in [-0.15, -0.1) is 0 Å². The highest BCUT2D eigenvalue weighted by Gasteiger charge is 2.23. The summed E-state index contributed by atoms with van der Waals surface area (Å²) in [5.74, 6) is 0.842. The van der Waals surface area contributed by atoms with E-state index in [2.05, 4.69) is 54.6 Å². The van der Waals surface area contributed by atoms with Crippen molar-refractivity contribution in [1.82, 2.24) is 0 Å². The lowest BCUT2D eigenvalue weighted by molar-refractivity contribution is 0.454. The monoisotopic (exact) mass is 324 g/mol. The number of para-hydroxylation sites is 1. The van der Waals surface area contributed by atoms with Crippen molar-refractivity contribution in [2.75, 3.05) is 0 Å². The summed E-state index contributed by atoms with van der Waals surface area (Å²) in [6, 6.07) is 25.5. The lowest BCUT2D eigenvalue weighted by atomic mass is 9.78. The van der Waals surface area contributed by atoms with Gasteiger partial charge in [-0.2, -0.15) is 0 Å². The van der Waals surface area contributed by atoms with Crippen LogP contribution in [0.2, 0.25) is 0 Å². The minimum Gasteiger partial charge on any atom is -0.508 e. The Morgan fingerprint density at radius 1 is 0.720 bits per heavy atom. The molecule has 0 spiro atoms. The molecule has 0 saturated heterocycles. The van der Waals surface area contributed by atoms with Crippen LogP contribution < -0.4 is 0 Å². The third-order valence-corrected chi connectivity index (χ3v) is 5.72. The van der Waals surface area contributed by atoms with Gasteiger partial charge in [0.25, 0.3) is 0 Å². The molecule has 0 saturated carbocycles. The first kappa shape index (κ1) is 14.5. The predicted molar refractivity (Wildman–Crippen MR) is 104 cm³/mol. The third-order valence-electron chi connectivity index (χ3n) is 5.72. The van der Waals surface area contributed by atoms with E-state index in [1.807, 2.05) is 12.1 Å². The fourth-order valence-electron chi connectivity index (χ4n) is 4.47. The van der Waals surface area contributed by atoms with Gasteiger partial charge in [0, 0.05) is 0 Å². The summed E-state index contributed by atoms with van der Waals surface area (Å²) in [6.45, 7) is 0. The second-order valence-electron chi connectivity index (χ2n) is 7.08. The molecule has 1 unspecified atom stereocenters. The largest absolute Gasteiger partial charge is 0.508 e. The summed E-state index contributed by atoms with van der Waals surface area (Å²) in [4.78, 5) is 0. The summed E-state index contributed by atoms with van der Waals surface area (Å²) in [7, 11) is 0. The molecule has 4 aromatic carbocycles. The van der Waals surface area contributed by atoms with Gasteiger partial charge in [-0.1, -0.05) is 66.7 Å². The third kappa shape index (κ3) is 2.31. The Kier molecular flexibility index (Phi) is 3.27. The van der Waals surface area contributed by atoms with E-state index in [0.717, 1.165) is 24.8 Å². The first-order valence-corrected chi connectivity index (χ1v) is 9.01. The van der Waals surface area contributed by atoms with Gasteiger partial charge < -0.3 is 5.11 Å². The fraction of sp³-hybridized carbons (Fsp3) is 0.167. The zero-order valence-corrected chi connectivity index (χ0v) is 14.1. The van der Waals surface area contributed by atoms with Crippen molar-refractivity contribution < 1.29 is 5.11 Å². The van der Waals surface area contributed by atoms with Gasteiger partial charge >= 0.3 is 0 Å². The second-order valence-corrected chi connectivity index (χ2v) is 7.08. The lowest BCUT2D eigenvalue weighted by Gasteiger charge is -2.27. The molecule has 0 amide bonds. The maximum Gasteiger partial charge on any atom is 0.119 e. The molecular weight excluding hydrogens is 304 g/mol. The van der Waals surface area contributed by atoms with Crippen molar-refractivity contribution in [3.05, 3.63) is 89.5 Å². The van der Waals surface area contributed by atoms with E-state index in [0.29, 0.717) is 11.7 Å². The number of hydrogen-bond acceptors (Lipinski definition) is 1. The van der Waals surface area contributed by atoms with Crippen LogP contribution in [0.5, 0.6) is 5.75 Å². The summed E-state index contributed by atoms with van der Waals surface area (Å²) in [5.41, 5.74) is 4.02. The van der Waals surface area contributed by atoms with E-state index in [1.165, 1.54) is 32.7 Å². The Bertz CT molecular complexity index is 1090. The highest BCUT2D eigenvalue weighted by molar-refractivity contribution is 6.08. The zero-order chi connectivity index (χ0) is 16.8. The number of aryl methyl sites for hydroxylation is 1. The van der Waals surface area contributed by atoms with Crippen molar-refractivity contribution in [1.29, 1.82) is 0 Å². The molecule has 1 nitrogen and oxygen atoms in total. The highest BCUT2D eigenvalue weighted by atomic mass is 16.3. The smallest absolute Gasteiger partial charge is 0.119 e. The Labute approximate surface area is 147 Å². The summed E-state index contributed by atoms with van der Waals surface area (Å²) < 4.78 is 0. The number of rotatable bonds is 1. The minimum absolute atomic E-state index is 0.409. The number of aromatic hydroxyl groups is 1. The van der Waals surface area contributed by atoms with E-state index in [1.54, 1.807) is 6.07 Å². The average molecular weight is 324 g/mol. The van der Waals surface area contributed by atoms with Gasteiger partial charge in [0.1, 0.15) is 5.75 Å². The number of benzene rings is 4. The van der Waals surface area contributed by atoms with E-state index >= 15 is 0 Å². The van der Waals surface area contributed by atoms with Crippen molar-refractivity contribution in [2.45, 2.75) is 25.2 Å². The molecule has 5 rings (SSSR count). The fourth-order valence-corrected chi connectivity index (χ4v) is 4.47. The minimum atomic E-state index is 0.409. The normalized spacial score (nSPS) is 16.9. The Morgan fingerprint density at radius 2 is 1.52 bits per heavy atom. The van der Waals surface area contributed by atoms with Crippen molar-refractivity contribution in [2.24, 2.45) is 0 Å². The molecule has 0 aromatic heterocycles. The maximum absolute atomic E-state index is 10.2. The van der Waals surface area contributed by atoms with E-state index in [4.69, 9.17) is 0 Å². The van der Waals surface area contributed by atoms with Gasteiger partial charge in [-0.3, -0.25) is 0 Å². The van der Waals surface area contributed by atoms with E-state index < -0.39 is 0 Å². The molecule has 1 atom stereocenters. The number of fused-ring (bicyclic) bond motifs is 5. The summed E-state index contributed by atoms with van der Waals surface area (Å²) >= 11 is 0. The van der Waals surface area contributed by atoms with Crippen LogP contribution >= 0.6 is 0 Å². The summed E-state index contributed by atoms with van der Waals surface area (Å²) in [6.07, 6.45) is 3.18. The molecule has 25 heavy (non-hydrogen) atoms. The number of phenolic OH excluding ortho intramolecular Hbond substituents is 1. The molecule has 1 N–H and O–H groups in total. The van der Waals surface area contributed by atoms with E-state index in [9.17, 15) is 5.11 Å². The molecule has 4 aromatic rings. The number of phenols is 1. The predicted octanol–water partition coefficient (Wildman–Crippen LogP) is 5.97. The molecule has 0 fully saturated rings. The van der Waals surface area contributed by atoms with Gasteiger partial charge in [0.15, 0.2) is 0 Å². The second kappa shape index (κ2) is 5.63. The van der Waals surface area contributed by atoms with Crippen LogP contribution in [0, 0.1) is 0 Å². The Hall–Kier alpha value is -2.80. The topological polar surface area (TPSA) is 20.2 Å². The first-order chi connectivity index (χ1) is 12.3. The van der Waals surface area contributed by atoms with Crippen LogP contribution in [0.1, 0.15) is 29.0 Å². The van der Waals surface area contributed by atoms with Gasteiger partial charge in [0.05, 0.1) is 0 Å². The molecular formula is C24H20O. The molecule has 1 heteroatoms. The standard InChI is InChI=1S/C24H20O/c25-24-8-4-3-7-21(24)18-10-12-20-17(15-18)11-14-22-19-6-2-1-5-16(19)9-13-23(20)22/h1-9,11,13-14,18,25H,10,12,15H2. The molecule has 0 bridgehead atoms. The Morgan fingerprint density at radius 3 is 2.44 bits per heavy atom. The molecule has 1 aliphatic carbocycles. The van der Waals surface area contributed by atoms with Crippen LogP contribution in [0.25, 0.3) is 21.5 Å². The lowest BCUT2D eigenvalue weighted by Crippen LogP contribution is -2.13. The van der Waals surface area contributed by atoms with Crippen LogP contribution in [-0.4, -0.2) is 5.11 Å². The van der Waals surface area contributed by atoms with Crippen molar-refractivity contribution in [3.8, 4) is 5.75 Å². The molecule has 0 radical (unpaired) electrons. The van der Waals surface area contributed by atoms with Crippen LogP contribution in [0.15, 0.2) is 72.8 Å². The van der Waals surface area contributed by atoms with Gasteiger partial charge in [-0.05, 0) is 69.5 Å². The van der Waals surface area contributed by atoms with Gasteiger partial charge in [-0.25, -0.2) is 0 Å². The van der Waals surface area contributed by atoms with Crippen LogP contribution in [0.3, 0.4) is 0 Å². The highest BCUT2D eigenvalue weighted by Crippen LogP contribution is 2.40. The first-order valence-electron chi connectivity index (χ1n) is 9.01. The Balaban J connectivity index is 1.63. The molecule has 0 aliphatic heterocycles. The SMILES string of the molecule is Oc1ccccc1C1CCc2c(ccc3c2ccc2ccccc23)C1. The summed E-state index contributed by atoms with van der Waals surface area (Å²) in [5, 5.41) is 15.6. The zero-order valence-electron chi connectivity index (χ0n) is 14.1. The molecule has 122 valence electrons.